The lowest BCUT2D eigenvalue weighted by Crippen LogP contribution is -2.72. The van der Waals surface area contributed by atoms with Crippen molar-refractivity contribution in [1.82, 2.24) is 15.1 Å². The van der Waals surface area contributed by atoms with E-state index >= 15 is 0 Å². The number of piperidine rings is 1. The number of amides is 2. The van der Waals surface area contributed by atoms with Crippen LogP contribution in [0.25, 0.3) is 0 Å². The Morgan fingerprint density at radius 1 is 1.32 bits per heavy atom. The predicted molar refractivity (Wildman–Crippen MR) is 107 cm³/mol. The summed E-state index contributed by atoms with van der Waals surface area (Å²) < 4.78 is 0. The van der Waals surface area contributed by atoms with Crippen LogP contribution in [0.15, 0.2) is 12.1 Å². The van der Waals surface area contributed by atoms with E-state index in [1.54, 1.807) is 11.0 Å². The van der Waals surface area contributed by atoms with Crippen LogP contribution in [-0.2, 0) is 16.1 Å². The van der Waals surface area contributed by atoms with Crippen molar-refractivity contribution >= 4 is 29.1 Å². The molecule has 2 N–H and O–H groups in total. The van der Waals surface area contributed by atoms with Crippen LogP contribution in [0.3, 0.4) is 0 Å². The normalized spacial score (nSPS) is 22.7. The first-order valence-corrected chi connectivity index (χ1v) is 10.7. The molecule has 1 spiro atoms. The lowest BCUT2D eigenvalue weighted by Gasteiger charge is -2.51. The molecule has 2 amide bonds. The van der Waals surface area contributed by atoms with Crippen molar-refractivity contribution in [2.75, 3.05) is 19.6 Å². The number of piperazine rings is 1. The quantitative estimate of drug-likeness (QED) is 0.754. The van der Waals surface area contributed by atoms with Gasteiger partial charge in [-0.1, -0.05) is 13.8 Å². The molecule has 0 bridgehead atoms. The van der Waals surface area contributed by atoms with Gasteiger partial charge in [-0.25, -0.2) is 4.79 Å². The van der Waals surface area contributed by atoms with Crippen molar-refractivity contribution in [2.24, 2.45) is 5.92 Å². The molecule has 1 atom stereocenters. The first kappa shape index (κ1) is 20.8. The number of hydrogen-bond acceptors (Lipinski definition) is 5. The van der Waals surface area contributed by atoms with E-state index in [2.05, 4.69) is 24.1 Å². The van der Waals surface area contributed by atoms with Crippen LogP contribution in [0.2, 0.25) is 0 Å². The van der Waals surface area contributed by atoms with E-state index in [-0.39, 0.29) is 11.8 Å². The fourth-order valence-electron chi connectivity index (χ4n) is 4.34. The molecule has 28 heavy (non-hydrogen) atoms. The number of carboxylic acid groups (broad SMARTS) is 1. The molecular formula is C20H29N3O4S. The smallest absolute Gasteiger partial charge is 0.345 e. The molecule has 2 aliphatic rings. The molecule has 8 heteroatoms. The highest BCUT2D eigenvalue weighted by molar-refractivity contribution is 7.13. The van der Waals surface area contributed by atoms with Crippen molar-refractivity contribution < 1.29 is 19.5 Å². The van der Waals surface area contributed by atoms with Gasteiger partial charge in [-0.2, -0.15) is 0 Å². The van der Waals surface area contributed by atoms with Gasteiger partial charge in [0.25, 0.3) is 0 Å². The monoisotopic (exact) mass is 407 g/mol. The number of carbonyl (C=O) groups excluding carboxylic acids is 2. The number of hydrogen-bond donors (Lipinski definition) is 2. The van der Waals surface area contributed by atoms with Crippen molar-refractivity contribution in [3.05, 3.63) is 21.9 Å². The van der Waals surface area contributed by atoms with Crippen LogP contribution < -0.4 is 5.32 Å². The summed E-state index contributed by atoms with van der Waals surface area (Å²) in [6.07, 6.45) is 1.86. The van der Waals surface area contributed by atoms with Gasteiger partial charge in [0.2, 0.25) is 11.8 Å². The number of likely N-dealkylation sites (N-methyl/N-ethyl adjacent to an activating group) is 1. The zero-order valence-corrected chi connectivity index (χ0v) is 17.6. The van der Waals surface area contributed by atoms with Crippen LogP contribution in [0, 0.1) is 5.92 Å². The van der Waals surface area contributed by atoms with Gasteiger partial charge in [-0.05, 0) is 44.2 Å². The maximum atomic E-state index is 13.0. The van der Waals surface area contributed by atoms with Gasteiger partial charge in [0.15, 0.2) is 0 Å². The van der Waals surface area contributed by atoms with Crippen molar-refractivity contribution in [1.29, 1.82) is 0 Å². The standard InChI is InChI=1S/C20H29N3O4S/c1-4-23-17(24)15(11-13(2)3)21-19(27)20(23)7-9-22(10-8-20)12-14-5-6-16(28-14)18(25)26/h5-6,13,15H,4,7-12H2,1-3H3,(H,21,27)(H,25,26). The first-order valence-electron chi connectivity index (χ1n) is 9.93. The van der Waals surface area contributed by atoms with E-state index in [9.17, 15) is 14.4 Å². The fraction of sp³-hybridized carbons (Fsp3) is 0.650. The summed E-state index contributed by atoms with van der Waals surface area (Å²) in [5.74, 6) is -0.553. The minimum atomic E-state index is -0.902. The Balaban J connectivity index is 1.67. The summed E-state index contributed by atoms with van der Waals surface area (Å²) in [6.45, 7) is 8.66. The number of nitrogens with zero attached hydrogens (tertiary/aromatic N) is 2. The highest BCUT2D eigenvalue weighted by Gasteiger charge is 2.52. The predicted octanol–water partition coefficient (Wildman–Crippen LogP) is 2.17. The van der Waals surface area contributed by atoms with Gasteiger partial charge in [0.05, 0.1) is 0 Å². The Kier molecular flexibility index (Phi) is 6.09. The first-order chi connectivity index (χ1) is 13.3. The van der Waals surface area contributed by atoms with Gasteiger partial charge >= 0.3 is 5.97 Å². The third-order valence-corrected chi connectivity index (χ3v) is 6.83. The summed E-state index contributed by atoms with van der Waals surface area (Å²) in [6, 6.07) is 3.07. The molecule has 7 nitrogen and oxygen atoms in total. The number of nitrogens with one attached hydrogen (secondary N) is 1. The van der Waals surface area contributed by atoms with Gasteiger partial charge < -0.3 is 15.3 Å². The number of rotatable bonds is 6. The molecule has 1 aromatic rings. The molecule has 2 fully saturated rings. The van der Waals surface area contributed by atoms with E-state index in [1.807, 2.05) is 13.0 Å². The molecule has 3 heterocycles. The molecule has 1 aromatic heterocycles. The van der Waals surface area contributed by atoms with Crippen molar-refractivity contribution in [3.63, 3.8) is 0 Å². The Morgan fingerprint density at radius 2 is 2.00 bits per heavy atom. The highest BCUT2D eigenvalue weighted by Crippen LogP contribution is 2.34. The zero-order chi connectivity index (χ0) is 20.5. The second-order valence-electron chi connectivity index (χ2n) is 8.12. The molecule has 2 saturated heterocycles. The molecule has 2 aliphatic heterocycles. The summed E-state index contributed by atoms with van der Waals surface area (Å²) in [4.78, 5) is 42.5. The Bertz CT molecular complexity index is 752. The molecule has 1 unspecified atom stereocenters. The Morgan fingerprint density at radius 3 is 2.54 bits per heavy atom. The molecule has 154 valence electrons. The topological polar surface area (TPSA) is 90.0 Å². The number of aromatic carboxylic acids is 1. The van der Waals surface area contributed by atoms with Crippen LogP contribution in [0.4, 0.5) is 0 Å². The van der Waals surface area contributed by atoms with E-state index in [1.165, 1.54) is 11.3 Å². The molecule has 3 rings (SSSR count). The molecule has 0 saturated carbocycles. The number of carboxylic acids is 1. The second-order valence-corrected chi connectivity index (χ2v) is 9.29. The van der Waals surface area contributed by atoms with Crippen LogP contribution in [0.1, 0.15) is 54.6 Å². The van der Waals surface area contributed by atoms with Crippen molar-refractivity contribution in [3.8, 4) is 0 Å². The van der Waals surface area contributed by atoms with E-state index in [4.69, 9.17) is 5.11 Å². The SMILES string of the molecule is CCN1C(=O)C(CC(C)C)NC(=O)C12CCN(Cc1ccc(C(=O)O)s1)CC2. The second kappa shape index (κ2) is 8.21. The largest absolute Gasteiger partial charge is 0.477 e. The maximum Gasteiger partial charge on any atom is 0.345 e. The lowest BCUT2D eigenvalue weighted by atomic mass is 9.81. The fourth-order valence-corrected chi connectivity index (χ4v) is 5.23. The molecule has 0 aromatic carbocycles. The van der Waals surface area contributed by atoms with E-state index in [0.717, 1.165) is 4.88 Å². The molecule has 0 radical (unpaired) electrons. The number of thiophene rings is 1. The number of likely N-dealkylation sites (tertiary alicyclic amines) is 1. The maximum absolute atomic E-state index is 13.0. The summed E-state index contributed by atoms with van der Waals surface area (Å²) in [7, 11) is 0. The van der Waals surface area contributed by atoms with Gasteiger partial charge in [0.1, 0.15) is 16.5 Å². The third-order valence-electron chi connectivity index (χ3n) is 5.77. The summed E-state index contributed by atoms with van der Waals surface area (Å²) in [5.41, 5.74) is -0.752. The zero-order valence-electron chi connectivity index (χ0n) is 16.7. The van der Waals surface area contributed by atoms with Crippen LogP contribution >= 0.6 is 11.3 Å². The Hall–Kier alpha value is -1.93. The molecule has 0 aliphatic carbocycles. The summed E-state index contributed by atoms with van der Waals surface area (Å²) >= 11 is 1.29. The summed E-state index contributed by atoms with van der Waals surface area (Å²) in [5, 5.41) is 12.1. The van der Waals surface area contributed by atoms with Crippen LogP contribution in [-0.4, -0.2) is 63.9 Å². The van der Waals surface area contributed by atoms with Crippen LogP contribution in [0.5, 0.6) is 0 Å². The molecular weight excluding hydrogens is 378 g/mol. The number of carbonyl (C=O) groups is 3. The average Bonchev–Trinajstić information content (AvgIpc) is 3.10. The van der Waals surface area contributed by atoms with E-state index in [0.29, 0.717) is 56.2 Å². The third kappa shape index (κ3) is 3.93. The minimum Gasteiger partial charge on any atom is -0.477 e. The van der Waals surface area contributed by atoms with E-state index < -0.39 is 17.6 Å². The van der Waals surface area contributed by atoms with Gasteiger partial charge in [0, 0.05) is 31.1 Å². The Labute approximate surface area is 169 Å². The lowest BCUT2D eigenvalue weighted by molar-refractivity contribution is -0.161. The minimum absolute atomic E-state index is 0.0245. The van der Waals surface area contributed by atoms with Gasteiger partial charge in [-0.15, -0.1) is 11.3 Å². The average molecular weight is 408 g/mol. The van der Waals surface area contributed by atoms with Gasteiger partial charge in [-0.3, -0.25) is 14.5 Å². The van der Waals surface area contributed by atoms with Crippen molar-refractivity contribution in [2.45, 2.75) is 58.2 Å². The highest BCUT2D eigenvalue weighted by atomic mass is 32.1.